The molecule has 262 valence electrons. The molecule has 2 aromatic rings. The molecule has 3 atom stereocenters. The number of nitrogens with one attached hydrogen (secondary N) is 1. The van der Waals surface area contributed by atoms with Crippen LogP contribution in [0.1, 0.15) is 56.9 Å². The number of benzene rings is 2. The normalized spacial score (nSPS) is 28.6. The molecule has 3 saturated heterocycles. The number of amides is 1. The molecule has 11 heteroatoms. The predicted molar refractivity (Wildman–Crippen MR) is 183 cm³/mol. The van der Waals surface area contributed by atoms with Gasteiger partial charge in [-0.1, -0.05) is 18.6 Å². The summed E-state index contributed by atoms with van der Waals surface area (Å²) in [6, 6.07) is 14.6. The first kappa shape index (κ1) is 33.8. The number of anilines is 1. The van der Waals surface area contributed by atoms with E-state index in [0.29, 0.717) is 29.6 Å². The Balaban J connectivity index is 1.01. The number of carbonyl (C=O) groups excluding carboxylic acids is 1. The molecular formula is C37H51FN4O5S. The molecule has 48 heavy (non-hydrogen) atoms. The third-order valence-corrected chi connectivity index (χ3v) is 14.5. The zero-order valence-electron chi connectivity index (χ0n) is 28.1. The van der Waals surface area contributed by atoms with E-state index in [1.807, 2.05) is 18.2 Å². The van der Waals surface area contributed by atoms with Gasteiger partial charge in [0.25, 0.3) is 0 Å². The van der Waals surface area contributed by atoms with Crippen molar-refractivity contribution >= 4 is 21.6 Å². The van der Waals surface area contributed by atoms with Crippen LogP contribution in [0.2, 0.25) is 0 Å². The number of methoxy groups -OCH3 is 1. The molecule has 2 saturated carbocycles. The van der Waals surface area contributed by atoms with Gasteiger partial charge in [-0.25, -0.2) is 17.6 Å². The van der Waals surface area contributed by atoms with Crippen molar-refractivity contribution in [3.63, 3.8) is 0 Å². The maximum absolute atomic E-state index is 14.9. The second kappa shape index (κ2) is 13.9. The first-order valence-corrected chi connectivity index (χ1v) is 19.5. The molecule has 0 spiro atoms. The van der Waals surface area contributed by atoms with Crippen molar-refractivity contribution in [1.29, 1.82) is 0 Å². The molecule has 3 aliphatic heterocycles. The highest BCUT2D eigenvalue weighted by molar-refractivity contribution is 7.92. The number of hydrogen-bond acceptors (Lipinski definition) is 8. The molecule has 1 unspecified atom stereocenters. The number of aliphatic hydroxyl groups excluding tert-OH is 1. The standard InChI is InChI=1S/C37H51FN4O5S/c1-47-36(44)39-35-8-3-7-34(35)37(25-41-15-4-16-41,28-5-2-6-29(38)19-28)27-13-17-40(18-14-27)22-26-23-42(24-26)30-9-11-32(12-10-30)48(45,46)33-20-31(43)21-33/h2,5-6,9-12,19,26-27,31,33-35,43H,3-4,7-8,13-18,20-25H2,1H3,(H,39,44)/t31-,33+,34-,35-,37?/m0/s1. The molecule has 1 amide bonds. The van der Waals surface area contributed by atoms with Crippen LogP contribution in [0.15, 0.2) is 53.4 Å². The van der Waals surface area contributed by atoms with E-state index < -0.39 is 21.2 Å². The summed E-state index contributed by atoms with van der Waals surface area (Å²) in [5.41, 5.74) is 1.87. The number of nitrogens with zero attached hydrogens (tertiary/aromatic N) is 3. The van der Waals surface area contributed by atoms with Crippen molar-refractivity contribution in [2.45, 2.75) is 79.1 Å². The number of halogens is 1. The largest absolute Gasteiger partial charge is 0.453 e. The van der Waals surface area contributed by atoms with E-state index in [1.54, 1.807) is 24.3 Å². The minimum Gasteiger partial charge on any atom is -0.453 e. The molecular weight excluding hydrogens is 631 g/mol. The van der Waals surface area contributed by atoms with Crippen LogP contribution in [0.5, 0.6) is 0 Å². The van der Waals surface area contributed by atoms with Gasteiger partial charge in [0.15, 0.2) is 9.84 Å². The second-order valence-electron chi connectivity index (χ2n) is 15.1. The summed E-state index contributed by atoms with van der Waals surface area (Å²) in [6.45, 7) is 7.97. The maximum Gasteiger partial charge on any atom is 0.407 e. The Labute approximate surface area is 284 Å². The molecule has 0 bridgehead atoms. The van der Waals surface area contributed by atoms with E-state index in [9.17, 15) is 22.7 Å². The Kier molecular flexibility index (Phi) is 9.76. The van der Waals surface area contributed by atoms with E-state index >= 15 is 0 Å². The summed E-state index contributed by atoms with van der Waals surface area (Å²) in [4.78, 5) is 20.2. The summed E-state index contributed by atoms with van der Waals surface area (Å²) in [5.74, 6) is 0.936. The molecule has 0 aromatic heterocycles. The maximum atomic E-state index is 14.9. The first-order chi connectivity index (χ1) is 23.2. The first-order valence-electron chi connectivity index (χ1n) is 18.0. The smallest absolute Gasteiger partial charge is 0.407 e. The molecule has 2 N–H and O–H groups in total. The average Bonchev–Trinajstić information content (AvgIpc) is 3.49. The summed E-state index contributed by atoms with van der Waals surface area (Å²) >= 11 is 0. The van der Waals surface area contributed by atoms with Gasteiger partial charge < -0.3 is 29.9 Å². The lowest BCUT2D eigenvalue weighted by molar-refractivity contribution is 0.0223. The summed E-state index contributed by atoms with van der Waals surface area (Å²) in [7, 11) is -1.96. The lowest BCUT2D eigenvalue weighted by Crippen LogP contribution is -2.60. The number of rotatable bonds is 11. The van der Waals surface area contributed by atoms with Gasteiger partial charge in [-0.3, -0.25) is 0 Å². The number of likely N-dealkylation sites (tertiary alicyclic amines) is 2. The SMILES string of the molecule is COC(=O)N[C@H]1CCC[C@@H]1C(CN1CCC1)(c1cccc(F)c1)C1CCN(CC2CN(c3ccc(S(=O)(=O)[C@H]4C[C@@H](O)C4)cc3)C2)CC1. The Bertz CT molecular complexity index is 1530. The van der Waals surface area contributed by atoms with Crippen molar-refractivity contribution in [3.8, 4) is 0 Å². The van der Waals surface area contributed by atoms with Crippen molar-refractivity contribution in [2.24, 2.45) is 17.8 Å². The van der Waals surface area contributed by atoms with Gasteiger partial charge in [0.1, 0.15) is 5.82 Å². The lowest BCUT2D eigenvalue weighted by Gasteiger charge is -2.54. The van der Waals surface area contributed by atoms with Crippen LogP contribution >= 0.6 is 0 Å². The minimum atomic E-state index is -3.38. The molecule has 5 fully saturated rings. The van der Waals surface area contributed by atoms with Crippen LogP contribution in [0, 0.1) is 23.6 Å². The zero-order valence-corrected chi connectivity index (χ0v) is 28.9. The fourth-order valence-corrected chi connectivity index (χ4v) is 11.3. The molecule has 2 aliphatic carbocycles. The van der Waals surface area contributed by atoms with Crippen LogP contribution in [0.4, 0.5) is 14.9 Å². The average molecular weight is 683 g/mol. The van der Waals surface area contributed by atoms with Gasteiger partial charge in [-0.2, -0.15) is 0 Å². The van der Waals surface area contributed by atoms with Crippen molar-refractivity contribution < 1.29 is 27.4 Å². The van der Waals surface area contributed by atoms with Gasteiger partial charge in [-0.05, 0) is 125 Å². The Morgan fingerprint density at radius 1 is 0.979 bits per heavy atom. The highest BCUT2D eigenvalue weighted by Crippen LogP contribution is 2.51. The number of ether oxygens (including phenoxy) is 1. The van der Waals surface area contributed by atoms with E-state index in [2.05, 4.69) is 26.1 Å². The topological polar surface area (TPSA) is 102 Å². The van der Waals surface area contributed by atoms with Gasteiger partial charge in [0.2, 0.25) is 0 Å². The highest BCUT2D eigenvalue weighted by atomic mass is 32.2. The van der Waals surface area contributed by atoms with Gasteiger partial charge >= 0.3 is 6.09 Å². The van der Waals surface area contributed by atoms with E-state index in [-0.39, 0.29) is 29.3 Å². The van der Waals surface area contributed by atoms with Crippen LogP contribution in [-0.2, 0) is 20.0 Å². The van der Waals surface area contributed by atoms with E-state index in [1.165, 1.54) is 13.5 Å². The number of piperidine rings is 1. The van der Waals surface area contributed by atoms with Crippen molar-refractivity contribution in [1.82, 2.24) is 15.1 Å². The summed E-state index contributed by atoms with van der Waals surface area (Å²) in [5, 5.41) is 12.3. The molecule has 3 heterocycles. The third-order valence-electron chi connectivity index (χ3n) is 12.3. The number of alkyl carbamates (subject to hydrolysis) is 1. The van der Waals surface area contributed by atoms with Crippen LogP contribution < -0.4 is 10.2 Å². The molecule has 0 radical (unpaired) electrons. The Morgan fingerprint density at radius 3 is 2.33 bits per heavy atom. The number of hydrogen-bond donors (Lipinski definition) is 2. The molecule has 9 nitrogen and oxygen atoms in total. The Hall–Kier alpha value is -2.73. The monoisotopic (exact) mass is 682 g/mol. The number of aliphatic hydroxyl groups is 1. The lowest BCUT2D eigenvalue weighted by atomic mass is 9.57. The molecule has 2 aromatic carbocycles. The van der Waals surface area contributed by atoms with Gasteiger partial charge in [0.05, 0.1) is 23.4 Å². The fraction of sp³-hybridized carbons (Fsp3) is 0.649. The summed E-state index contributed by atoms with van der Waals surface area (Å²) in [6.07, 6.45) is 6.00. The van der Waals surface area contributed by atoms with Crippen LogP contribution in [-0.4, -0.2) is 106 Å². The minimum absolute atomic E-state index is 0.00117. The van der Waals surface area contributed by atoms with Gasteiger partial charge in [-0.15, -0.1) is 0 Å². The summed E-state index contributed by atoms with van der Waals surface area (Å²) < 4.78 is 45.6. The molecule has 5 aliphatic rings. The Morgan fingerprint density at radius 2 is 1.71 bits per heavy atom. The zero-order chi connectivity index (χ0) is 33.5. The molecule has 7 rings (SSSR count). The van der Waals surface area contributed by atoms with E-state index in [4.69, 9.17) is 4.74 Å². The highest BCUT2D eigenvalue weighted by Gasteiger charge is 2.53. The number of sulfone groups is 1. The fourth-order valence-electron chi connectivity index (χ4n) is 9.46. The predicted octanol–water partition coefficient (Wildman–Crippen LogP) is 4.44. The van der Waals surface area contributed by atoms with Crippen molar-refractivity contribution in [3.05, 3.63) is 59.9 Å². The third kappa shape index (κ3) is 6.60. The quantitative estimate of drug-likeness (QED) is 0.359. The van der Waals surface area contributed by atoms with E-state index in [0.717, 1.165) is 95.7 Å². The van der Waals surface area contributed by atoms with Crippen LogP contribution in [0.3, 0.4) is 0 Å². The van der Waals surface area contributed by atoms with Gasteiger partial charge in [0, 0.05) is 49.2 Å². The second-order valence-corrected chi connectivity index (χ2v) is 17.3. The van der Waals surface area contributed by atoms with Crippen LogP contribution in [0.25, 0.3) is 0 Å². The van der Waals surface area contributed by atoms with Crippen molar-refractivity contribution in [2.75, 3.05) is 64.4 Å². The number of carbonyl (C=O) groups is 1.